The molecule has 3 heteroatoms. The molecule has 0 radical (unpaired) electrons. The van der Waals surface area contributed by atoms with E-state index in [4.69, 9.17) is 0 Å². The van der Waals surface area contributed by atoms with Crippen LogP contribution in [0.25, 0.3) is 6.08 Å². The van der Waals surface area contributed by atoms with Crippen LogP contribution < -0.4 is 4.90 Å². The number of benzene rings is 2. The predicted molar refractivity (Wildman–Crippen MR) is 89.6 cm³/mol. The first-order valence-corrected chi connectivity index (χ1v) is 8.09. The maximum atomic E-state index is 12.5. The molecular formula is C18H17NOS. The van der Waals surface area contributed by atoms with Gasteiger partial charge in [0.05, 0.1) is 5.69 Å². The zero-order chi connectivity index (χ0) is 14.5. The molecule has 106 valence electrons. The van der Waals surface area contributed by atoms with Crippen molar-refractivity contribution < 1.29 is 4.79 Å². The smallest absolute Gasteiger partial charge is 0.251 e. The highest BCUT2D eigenvalue weighted by Crippen LogP contribution is 2.33. The lowest BCUT2D eigenvalue weighted by Gasteiger charge is -2.20. The highest BCUT2D eigenvalue weighted by Gasteiger charge is 2.19. The number of nitrogens with zero attached hydrogens (tertiary/aromatic N) is 1. The molecule has 0 aliphatic carbocycles. The van der Waals surface area contributed by atoms with Crippen molar-refractivity contribution in [3.05, 3.63) is 66.2 Å². The third kappa shape index (κ3) is 3.37. The molecule has 2 nitrogen and oxygen atoms in total. The largest absolute Gasteiger partial charge is 0.308 e. The molecule has 1 heterocycles. The number of carbonyl (C=O) groups is 1. The van der Waals surface area contributed by atoms with E-state index >= 15 is 0 Å². The minimum Gasteiger partial charge on any atom is -0.308 e. The Bertz CT molecular complexity index is 651. The second kappa shape index (κ2) is 6.64. The van der Waals surface area contributed by atoms with E-state index < -0.39 is 0 Å². The lowest BCUT2D eigenvalue weighted by Crippen LogP contribution is -2.30. The van der Waals surface area contributed by atoms with Crippen molar-refractivity contribution in [1.29, 1.82) is 0 Å². The number of carbonyl (C=O) groups excluding carboxylic acids is 1. The quantitative estimate of drug-likeness (QED) is 0.773. The molecule has 0 aromatic heterocycles. The van der Waals surface area contributed by atoms with Crippen molar-refractivity contribution in [3.8, 4) is 0 Å². The van der Waals surface area contributed by atoms with Crippen LogP contribution in [0.4, 0.5) is 5.69 Å². The Morgan fingerprint density at radius 2 is 1.81 bits per heavy atom. The standard InChI is InChI=1S/C18H17NOS/c20-18(12-11-15-7-2-1-3-8-15)19-13-6-14-21-17-10-5-4-9-16(17)19/h1-5,7-12H,6,13-14H2/b12-11+. The summed E-state index contributed by atoms with van der Waals surface area (Å²) in [5.41, 5.74) is 2.08. The fraction of sp³-hybridized carbons (Fsp3) is 0.167. The van der Waals surface area contributed by atoms with E-state index in [2.05, 4.69) is 6.07 Å². The van der Waals surface area contributed by atoms with Gasteiger partial charge in [0, 0.05) is 17.5 Å². The lowest BCUT2D eigenvalue weighted by molar-refractivity contribution is -0.114. The summed E-state index contributed by atoms with van der Waals surface area (Å²) in [6, 6.07) is 18.1. The van der Waals surface area contributed by atoms with Crippen molar-refractivity contribution >= 4 is 29.4 Å². The van der Waals surface area contributed by atoms with Crippen molar-refractivity contribution in [3.63, 3.8) is 0 Å². The number of hydrogen-bond donors (Lipinski definition) is 0. The molecule has 3 rings (SSSR count). The van der Waals surface area contributed by atoms with Crippen LogP contribution in [-0.2, 0) is 4.79 Å². The average molecular weight is 295 g/mol. The molecule has 0 bridgehead atoms. The van der Waals surface area contributed by atoms with E-state index in [0.29, 0.717) is 0 Å². The van der Waals surface area contributed by atoms with Gasteiger partial charge in [-0.15, -0.1) is 11.8 Å². The fourth-order valence-electron chi connectivity index (χ4n) is 2.38. The summed E-state index contributed by atoms with van der Waals surface area (Å²) < 4.78 is 0. The predicted octanol–water partition coefficient (Wildman–Crippen LogP) is 4.23. The van der Waals surface area contributed by atoms with Gasteiger partial charge in [-0.1, -0.05) is 42.5 Å². The van der Waals surface area contributed by atoms with Gasteiger partial charge in [-0.3, -0.25) is 4.79 Å². The Balaban J connectivity index is 1.83. The molecule has 0 saturated carbocycles. The van der Waals surface area contributed by atoms with Crippen LogP contribution in [-0.4, -0.2) is 18.2 Å². The van der Waals surface area contributed by atoms with Gasteiger partial charge in [0.1, 0.15) is 0 Å². The first-order valence-electron chi connectivity index (χ1n) is 7.11. The molecule has 0 fully saturated rings. The van der Waals surface area contributed by atoms with E-state index in [1.165, 1.54) is 4.90 Å². The molecular weight excluding hydrogens is 278 g/mol. The number of hydrogen-bond acceptors (Lipinski definition) is 2. The van der Waals surface area contributed by atoms with Crippen LogP contribution in [0.5, 0.6) is 0 Å². The second-order valence-corrected chi connectivity index (χ2v) is 6.04. The molecule has 0 atom stereocenters. The van der Waals surface area contributed by atoms with Crippen molar-refractivity contribution in [1.82, 2.24) is 0 Å². The van der Waals surface area contributed by atoms with Crippen LogP contribution in [0, 0.1) is 0 Å². The number of para-hydroxylation sites is 1. The van der Waals surface area contributed by atoms with Crippen LogP contribution in [0.2, 0.25) is 0 Å². The molecule has 1 amide bonds. The molecule has 0 saturated heterocycles. The number of anilines is 1. The second-order valence-electron chi connectivity index (χ2n) is 4.90. The van der Waals surface area contributed by atoms with Gasteiger partial charge >= 0.3 is 0 Å². The first-order chi connectivity index (χ1) is 10.3. The van der Waals surface area contributed by atoms with Gasteiger partial charge in [-0.25, -0.2) is 0 Å². The summed E-state index contributed by atoms with van der Waals surface area (Å²) in [7, 11) is 0. The van der Waals surface area contributed by atoms with Gasteiger partial charge in [0.15, 0.2) is 0 Å². The Kier molecular flexibility index (Phi) is 4.41. The summed E-state index contributed by atoms with van der Waals surface area (Å²) in [4.78, 5) is 15.6. The molecule has 0 spiro atoms. The summed E-state index contributed by atoms with van der Waals surface area (Å²) >= 11 is 1.83. The maximum Gasteiger partial charge on any atom is 0.251 e. The Hall–Kier alpha value is -2.00. The first kappa shape index (κ1) is 14.0. The monoisotopic (exact) mass is 295 g/mol. The van der Waals surface area contributed by atoms with Gasteiger partial charge in [-0.05, 0) is 35.9 Å². The molecule has 2 aromatic carbocycles. The van der Waals surface area contributed by atoms with E-state index in [9.17, 15) is 4.79 Å². The topological polar surface area (TPSA) is 20.3 Å². The highest BCUT2D eigenvalue weighted by molar-refractivity contribution is 7.99. The minimum atomic E-state index is 0.0498. The van der Waals surface area contributed by atoms with Gasteiger partial charge in [0.2, 0.25) is 0 Å². The Labute approximate surface area is 129 Å². The number of fused-ring (bicyclic) bond motifs is 1. The fourth-order valence-corrected chi connectivity index (χ4v) is 3.37. The summed E-state index contributed by atoms with van der Waals surface area (Å²) in [5, 5.41) is 0. The molecule has 21 heavy (non-hydrogen) atoms. The Morgan fingerprint density at radius 1 is 1.05 bits per heavy atom. The van der Waals surface area contributed by atoms with Gasteiger partial charge in [-0.2, -0.15) is 0 Å². The number of rotatable bonds is 2. The van der Waals surface area contributed by atoms with E-state index in [0.717, 1.165) is 30.0 Å². The molecule has 0 unspecified atom stereocenters. The summed E-state index contributed by atoms with van der Waals surface area (Å²) in [6.07, 6.45) is 4.56. The SMILES string of the molecule is O=C(/C=C/c1ccccc1)N1CCCSc2ccccc21. The highest BCUT2D eigenvalue weighted by atomic mass is 32.2. The van der Waals surface area contributed by atoms with E-state index in [-0.39, 0.29) is 5.91 Å². The summed E-state index contributed by atoms with van der Waals surface area (Å²) in [5.74, 6) is 1.11. The normalized spacial score (nSPS) is 14.8. The van der Waals surface area contributed by atoms with Crippen LogP contribution in [0.3, 0.4) is 0 Å². The van der Waals surface area contributed by atoms with Crippen LogP contribution in [0.1, 0.15) is 12.0 Å². The van der Waals surface area contributed by atoms with Crippen LogP contribution in [0.15, 0.2) is 65.6 Å². The third-order valence-corrected chi connectivity index (χ3v) is 4.57. The average Bonchev–Trinajstić information content (AvgIpc) is 2.76. The van der Waals surface area contributed by atoms with Gasteiger partial charge < -0.3 is 4.90 Å². The third-order valence-electron chi connectivity index (χ3n) is 3.42. The van der Waals surface area contributed by atoms with Crippen LogP contribution >= 0.6 is 11.8 Å². The summed E-state index contributed by atoms with van der Waals surface area (Å²) in [6.45, 7) is 0.780. The molecule has 2 aromatic rings. The van der Waals surface area contributed by atoms with Crippen molar-refractivity contribution in [2.24, 2.45) is 0 Å². The minimum absolute atomic E-state index is 0.0498. The molecule has 1 aliphatic rings. The number of thioether (sulfide) groups is 1. The van der Waals surface area contributed by atoms with E-state index in [1.54, 1.807) is 6.08 Å². The molecule has 0 N–H and O–H groups in total. The zero-order valence-electron chi connectivity index (χ0n) is 11.7. The number of amides is 1. The lowest BCUT2D eigenvalue weighted by atomic mass is 10.2. The Morgan fingerprint density at radius 3 is 2.67 bits per heavy atom. The van der Waals surface area contributed by atoms with Crippen molar-refractivity contribution in [2.45, 2.75) is 11.3 Å². The van der Waals surface area contributed by atoms with Gasteiger partial charge in [0.25, 0.3) is 5.91 Å². The van der Waals surface area contributed by atoms with Crippen molar-refractivity contribution in [2.75, 3.05) is 17.2 Å². The molecule has 1 aliphatic heterocycles. The maximum absolute atomic E-state index is 12.5. The van der Waals surface area contributed by atoms with E-state index in [1.807, 2.05) is 71.3 Å². The zero-order valence-corrected chi connectivity index (χ0v) is 12.6.